The molecule has 0 aromatic heterocycles. The maximum absolute atomic E-state index is 10.6. The molecular formula is C18H31N3O2. The van der Waals surface area contributed by atoms with E-state index in [1.165, 1.54) is 11.3 Å². The second kappa shape index (κ2) is 10.1. The molecule has 1 aromatic carbocycles. The van der Waals surface area contributed by atoms with E-state index >= 15 is 0 Å². The minimum Gasteiger partial charge on any atom is -0.481 e. The van der Waals surface area contributed by atoms with Crippen molar-refractivity contribution in [2.75, 3.05) is 37.3 Å². The molecule has 23 heavy (non-hydrogen) atoms. The molecule has 0 radical (unpaired) electrons. The molecule has 1 aromatic rings. The van der Waals surface area contributed by atoms with Crippen LogP contribution < -0.4 is 10.6 Å². The number of rotatable bonds is 11. The SMILES string of the molecule is CCCN(CCC)c1ccc(N)cc1CN(C)CCCC(=O)O. The Morgan fingerprint density at radius 2 is 1.83 bits per heavy atom. The van der Waals surface area contributed by atoms with Gasteiger partial charge in [0, 0.05) is 37.4 Å². The molecule has 0 aliphatic heterocycles. The van der Waals surface area contributed by atoms with Crippen molar-refractivity contribution in [1.82, 2.24) is 4.90 Å². The smallest absolute Gasteiger partial charge is 0.303 e. The first-order chi connectivity index (χ1) is 11.0. The number of aliphatic carboxylic acids is 1. The first-order valence-electron chi connectivity index (χ1n) is 8.51. The number of benzene rings is 1. The van der Waals surface area contributed by atoms with Gasteiger partial charge in [0.2, 0.25) is 0 Å². The van der Waals surface area contributed by atoms with E-state index in [9.17, 15) is 4.79 Å². The number of hydrogen-bond acceptors (Lipinski definition) is 4. The van der Waals surface area contributed by atoms with Crippen LogP contribution in [0.5, 0.6) is 0 Å². The highest BCUT2D eigenvalue weighted by Gasteiger charge is 2.12. The Bertz CT molecular complexity index is 485. The maximum Gasteiger partial charge on any atom is 0.303 e. The normalized spacial score (nSPS) is 11.0. The second-order valence-electron chi connectivity index (χ2n) is 6.11. The predicted octanol–water partition coefficient (Wildman–Crippen LogP) is 3.19. The fourth-order valence-corrected chi connectivity index (χ4v) is 2.80. The summed E-state index contributed by atoms with van der Waals surface area (Å²) < 4.78 is 0. The monoisotopic (exact) mass is 321 g/mol. The number of nitrogens with two attached hydrogens (primary N) is 1. The lowest BCUT2D eigenvalue weighted by Crippen LogP contribution is -2.28. The summed E-state index contributed by atoms with van der Waals surface area (Å²) in [6.07, 6.45) is 3.10. The van der Waals surface area contributed by atoms with Gasteiger partial charge in [0.15, 0.2) is 0 Å². The van der Waals surface area contributed by atoms with E-state index in [1.54, 1.807) is 0 Å². The lowest BCUT2D eigenvalue weighted by atomic mass is 10.1. The number of nitrogen functional groups attached to an aromatic ring is 1. The van der Waals surface area contributed by atoms with E-state index in [0.29, 0.717) is 6.42 Å². The summed E-state index contributed by atoms with van der Waals surface area (Å²) in [5.41, 5.74) is 9.21. The molecule has 3 N–H and O–H groups in total. The quantitative estimate of drug-likeness (QED) is 0.613. The molecular weight excluding hydrogens is 290 g/mol. The van der Waals surface area contributed by atoms with Gasteiger partial charge in [-0.05, 0) is 56.6 Å². The Morgan fingerprint density at radius 1 is 1.17 bits per heavy atom. The largest absolute Gasteiger partial charge is 0.481 e. The van der Waals surface area contributed by atoms with Crippen LogP contribution in [0.15, 0.2) is 18.2 Å². The van der Waals surface area contributed by atoms with Gasteiger partial charge in [-0.3, -0.25) is 4.79 Å². The summed E-state index contributed by atoms with van der Waals surface area (Å²) in [6, 6.07) is 6.12. The van der Waals surface area contributed by atoms with Crippen LogP contribution in [0.25, 0.3) is 0 Å². The van der Waals surface area contributed by atoms with E-state index in [0.717, 1.165) is 44.7 Å². The third-order valence-electron chi connectivity index (χ3n) is 3.80. The van der Waals surface area contributed by atoms with Crippen molar-refractivity contribution in [2.24, 2.45) is 0 Å². The fraction of sp³-hybridized carbons (Fsp3) is 0.611. The number of anilines is 2. The summed E-state index contributed by atoms with van der Waals surface area (Å²) >= 11 is 0. The Morgan fingerprint density at radius 3 is 2.39 bits per heavy atom. The van der Waals surface area contributed by atoms with E-state index in [1.807, 2.05) is 19.2 Å². The summed E-state index contributed by atoms with van der Waals surface area (Å²) in [5, 5.41) is 8.75. The number of nitrogens with zero attached hydrogens (tertiary/aromatic N) is 2. The van der Waals surface area contributed by atoms with Crippen LogP contribution in [0.2, 0.25) is 0 Å². The van der Waals surface area contributed by atoms with Gasteiger partial charge in [-0.2, -0.15) is 0 Å². The van der Waals surface area contributed by atoms with Crippen molar-refractivity contribution >= 4 is 17.3 Å². The molecule has 0 amide bonds. The van der Waals surface area contributed by atoms with Crippen LogP contribution in [-0.4, -0.2) is 42.7 Å². The molecule has 0 unspecified atom stereocenters. The molecule has 0 aliphatic rings. The van der Waals surface area contributed by atoms with Crippen LogP contribution in [-0.2, 0) is 11.3 Å². The molecule has 0 bridgehead atoms. The highest BCUT2D eigenvalue weighted by Crippen LogP contribution is 2.25. The lowest BCUT2D eigenvalue weighted by molar-refractivity contribution is -0.137. The average molecular weight is 321 g/mol. The summed E-state index contributed by atoms with van der Waals surface area (Å²) in [7, 11) is 2.03. The van der Waals surface area contributed by atoms with Gasteiger partial charge in [-0.1, -0.05) is 13.8 Å². The molecule has 0 heterocycles. The van der Waals surface area contributed by atoms with Gasteiger partial charge in [-0.25, -0.2) is 0 Å². The standard InChI is InChI=1S/C18H31N3O2/c1-4-10-21(11-5-2)17-9-8-16(19)13-15(17)14-20(3)12-6-7-18(22)23/h8-9,13H,4-7,10-12,14,19H2,1-3H3,(H,22,23). The van der Waals surface area contributed by atoms with E-state index in [-0.39, 0.29) is 6.42 Å². The van der Waals surface area contributed by atoms with Crippen LogP contribution in [0.3, 0.4) is 0 Å². The highest BCUT2D eigenvalue weighted by molar-refractivity contribution is 5.66. The van der Waals surface area contributed by atoms with Gasteiger partial charge in [-0.15, -0.1) is 0 Å². The molecule has 0 spiro atoms. The molecule has 130 valence electrons. The average Bonchev–Trinajstić information content (AvgIpc) is 2.47. The molecule has 0 saturated carbocycles. The minimum atomic E-state index is -0.736. The highest BCUT2D eigenvalue weighted by atomic mass is 16.4. The first-order valence-corrected chi connectivity index (χ1v) is 8.51. The van der Waals surface area contributed by atoms with Crippen LogP contribution >= 0.6 is 0 Å². The van der Waals surface area contributed by atoms with Crippen LogP contribution in [0.4, 0.5) is 11.4 Å². The topological polar surface area (TPSA) is 69.8 Å². The molecule has 0 atom stereocenters. The minimum absolute atomic E-state index is 0.214. The third-order valence-corrected chi connectivity index (χ3v) is 3.80. The Kier molecular flexibility index (Phi) is 8.48. The molecule has 5 nitrogen and oxygen atoms in total. The molecule has 0 aliphatic carbocycles. The van der Waals surface area contributed by atoms with E-state index in [4.69, 9.17) is 10.8 Å². The predicted molar refractivity (Wildman–Crippen MR) is 96.9 cm³/mol. The molecule has 0 fully saturated rings. The Balaban J connectivity index is 2.82. The van der Waals surface area contributed by atoms with Crippen molar-refractivity contribution in [3.05, 3.63) is 23.8 Å². The van der Waals surface area contributed by atoms with Gasteiger partial charge in [0.25, 0.3) is 0 Å². The van der Waals surface area contributed by atoms with Crippen molar-refractivity contribution in [1.29, 1.82) is 0 Å². The van der Waals surface area contributed by atoms with E-state index in [2.05, 4.69) is 29.7 Å². The zero-order valence-corrected chi connectivity index (χ0v) is 14.7. The fourth-order valence-electron chi connectivity index (χ4n) is 2.80. The second-order valence-corrected chi connectivity index (χ2v) is 6.11. The van der Waals surface area contributed by atoms with Gasteiger partial charge in [0.05, 0.1) is 0 Å². The number of carboxylic acids is 1. The van der Waals surface area contributed by atoms with Gasteiger partial charge in [0.1, 0.15) is 0 Å². The first kappa shape index (κ1) is 19.3. The number of carbonyl (C=O) groups is 1. The van der Waals surface area contributed by atoms with Gasteiger partial charge >= 0.3 is 5.97 Å². The third kappa shape index (κ3) is 6.91. The summed E-state index contributed by atoms with van der Waals surface area (Å²) in [4.78, 5) is 15.2. The Labute approximate surface area is 140 Å². The summed E-state index contributed by atoms with van der Waals surface area (Å²) in [5.74, 6) is -0.736. The van der Waals surface area contributed by atoms with Crippen molar-refractivity contribution in [2.45, 2.75) is 46.1 Å². The van der Waals surface area contributed by atoms with Crippen LogP contribution in [0.1, 0.15) is 45.1 Å². The molecule has 0 saturated heterocycles. The molecule has 1 rings (SSSR count). The van der Waals surface area contributed by atoms with Crippen LogP contribution in [0, 0.1) is 0 Å². The zero-order valence-electron chi connectivity index (χ0n) is 14.7. The Hall–Kier alpha value is -1.75. The number of carboxylic acid groups (broad SMARTS) is 1. The maximum atomic E-state index is 10.6. The zero-order chi connectivity index (χ0) is 17.2. The molecule has 5 heteroatoms. The van der Waals surface area contributed by atoms with Gasteiger partial charge < -0.3 is 20.6 Å². The van der Waals surface area contributed by atoms with Crippen molar-refractivity contribution in [3.8, 4) is 0 Å². The number of hydrogen-bond donors (Lipinski definition) is 2. The van der Waals surface area contributed by atoms with E-state index < -0.39 is 5.97 Å². The summed E-state index contributed by atoms with van der Waals surface area (Å²) in [6.45, 7) is 8.00. The van der Waals surface area contributed by atoms with Crippen molar-refractivity contribution in [3.63, 3.8) is 0 Å². The van der Waals surface area contributed by atoms with Crippen molar-refractivity contribution < 1.29 is 9.90 Å². The lowest BCUT2D eigenvalue weighted by Gasteiger charge is -2.28.